The smallest absolute Gasteiger partial charge is 0.0992 e. The normalized spacial score (nSPS) is 17.6. The Morgan fingerprint density at radius 3 is 2.70 bits per heavy atom. The SMILES string of the molecule is CSC1(CNCc2ccc(C#N)cc2Cl)CCCCC1. The van der Waals surface area contributed by atoms with Crippen molar-refractivity contribution >= 4 is 23.4 Å². The van der Waals surface area contributed by atoms with Crippen LogP contribution >= 0.6 is 23.4 Å². The zero-order chi connectivity index (χ0) is 14.4. The highest BCUT2D eigenvalue weighted by molar-refractivity contribution is 8.00. The molecule has 0 saturated heterocycles. The van der Waals surface area contributed by atoms with E-state index in [9.17, 15) is 0 Å². The standard InChI is InChI=1S/C16H21ClN2S/c1-20-16(7-3-2-4-8-16)12-19-11-14-6-5-13(10-18)9-15(14)17/h5-6,9,19H,2-4,7-8,11-12H2,1H3. The van der Waals surface area contributed by atoms with E-state index in [0.717, 1.165) is 18.7 Å². The third-order valence-corrected chi connectivity index (χ3v) is 5.91. The van der Waals surface area contributed by atoms with Crippen molar-refractivity contribution in [1.29, 1.82) is 5.26 Å². The molecule has 0 heterocycles. The fourth-order valence-corrected chi connectivity index (χ4v) is 4.03. The Bertz CT molecular complexity index is 490. The largest absolute Gasteiger partial charge is 0.311 e. The summed E-state index contributed by atoms with van der Waals surface area (Å²) in [6.45, 7) is 1.80. The Kier molecular flexibility index (Phi) is 5.77. The van der Waals surface area contributed by atoms with Gasteiger partial charge in [0.25, 0.3) is 0 Å². The van der Waals surface area contributed by atoms with E-state index in [1.165, 1.54) is 32.1 Å². The second-order valence-corrected chi connectivity index (χ2v) is 7.15. The fraction of sp³-hybridized carbons (Fsp3) is 0.562. The van der Waals surface area contributed by atoms with Gasteiger partial charge in [-0.3, -0.25) is 0 Å². The van der Waals surface area contributed by atoms with E-state index in [4.69, 9.17) is 16.9 Å². The molecule has 1 saturated carbocycles. The number of rotatable bonds is 5. The predicted octanol–water partition coefficient (Wildman–Crippen LogP) is 4.37. The number of hydrogen-bond acceptors (Lipinski definition) is 3. The summed E-state index contributed by atoms with van der Waals surface area (Å²) in [5.74, 6) is 0. The first-order valence-corrected chi connectivity index (χ1v) is 8.74. The van der Waals surface area contributed by atoms with Gasteiger partial charge in [-0.2, -0.15) is 17.0 Å². The third kappa shape index (κ3) is 3.91. The number of halogens is 1. The van der Waals surface area contributed by atoms with Crippen LogP contribution in [-0.2, 0) is 6.54 Å². The van der Waals surface area contributed by atoms with Gasteiger partial charge < -0.3 is 5.32 Å². The minimum absolute atomic E-state index is 0.400. The van der Waals surface area contributed by atoms with Crippen LogP contribution in [-0.4, -0.2) is 17.5 Å². The average molecular weight is 309 g/mol. The Morgan fingerprint density at radius 1 is 1.35 bits per heavy atom. The van der Waals surface area contributed by atoms with Gasteiger partial charge in [0.15, 0.2) is 0 Å². The van der Waals surface area contributed by atoms with Crippen LogP contribution in [0.15, 0.2) is 18.2 Å². The topological polar surface area (TPSA) is 35.8 Å². The molecular formula is C16H21ClN2S. The second-order valence-electron chi connectivity index (χ2n) is 5.47. The molecule has 20 heavy (non-hydrogen) atoms. The molecule has 2 rings (SSSR count). The van der Waals surface area contributed by atoms with Crippen LogP contribution in [0.4, 0.5) is 0 Å². The Balaban J connectivity index is 1.90. The lowest BCUT2D eigenvalue weighted by molar-refractivity contribution is 0.379. The molecule has 1 aliphatic carbocycles. The van der Waals surface area contributed by atoms with Crippen LogP contribution in [0.2, 0.25) is 5.02 Å². The molecule has 0 aromatic heterocycles. The van der Waals surface area contributed by atoms with Crippen molar-refractivity contribution in [3.63, 3.8) is 0 Å². The lowest BCUT2D eigenvalue weighted by Gasteiger charge is -2.36. The van der Waals surface area contributed by atoms with Crippen molar-refractivity contribution in [1.82, 2.24) is 5.32 Å². The molecule has 1 fully saturated rings. The minimum atomic E-state index is 0.400. The van der Waals surface area contributed by atoms with Gasteiger partial charge in [-0.05, 0) is 36.8 Å². The van der Waals surface area contributed by atoms with Gasteiger partial charge >= 0.3 is 0 Å². The molecule has 0 unspecified atom stereocenters. The summed E-state index contributed by atoms with van der Waals surface area (Å²) < 4.78 is 0.400. The molecule has 4 heteroatoms. The molecule has 2 nitrogen and oxygen atoms in total. The van der Waals surface area contributed by atoms with E-state index in [-0.39, 0.29) is 0 Å². The maximum absolute atomic E-state index is 8.84. The van der Waals surface area contributed by atoms with Gasteiger partial charge in [-0.15, -0.1) is 0 Å². The molecule has 0 atom stereocenters. The zero-order valence-corrected chi connectivity index (χ0v) is 13.5. The van der Waals surface area contributed by atoms with Crippen molar-refractivity contribution in [2.45, 2.75) is 43.4 Å². The van der Waals surface area contributed by atoms with E-state index in [0.29, 0.717) is 15.3 Å². The van der Waals surface area contributed by atoms with Crippen molar-refractivity contribution in [3.05, 3.63) is 34.3 Å². The number of nitrogens with one attached hydrogen (secondary N) is 1. The van der Waals surface area contributed by atoms with Gasteiger partial charge in [0, 0.05) is 22.9 Å². The molecule has 1 aliphatic rings. The molecule has 0 spiro atoms. The maximum atomic E-state index is 8.84. The van der Waals surface area contributed by atoms with Crippen LogP contribution in [0.5, 0.6) is 0 Å². The van der Waals surface area contributed by atoms with E-state index < -0.39 is 0 Å². The first kappa shape index (κ1) is 15.7. The van der Waals surface area contributed by atoms with Gasteiger partial charge in [-0.25, -0.2) is 0 Å². The van der Waals surface area contributed by atoms with Crippen LogP contribution in [0.1, 0.15) is 43.2 Å². The molecule has 0 bridgehead atoms. The Labute approximate surface area is 130 Å². The van der Waals surface area contributed by atoms with E-state index in [1.54, 1.807) is 6.07 Å². The van der Waals surface area contributed by atoms with Gasteiger partial charge in [0.1, 0.15) is 0 Å². The van der Waals surface area contributed by atoms with Crippen LogP contribution in [0.3, 0.4) is 0 Å². The fourth-order valence-electron chi connectivity index (χ4n) is 2.83. The molecule has 0 aliphatic heterocycles. The van der Waals surface area contributed by atoms with Crippen molar-refractivity contribution in [2.75, 3.05) is 12.8 Å². The van der Waals surface area contributed by atoms with Crippen LogP contribution < -0.4 is 5.32 Å². The summed E-state index contributed by atoms with van der Waals surface area (Å²) in [5, 5.41) is 13.1. The predicted molar refractivity (Wildman–Crippen MR) is 87.2 cm³/mol. The molecule has 0 amide bonds. The highest BCUT2D eigenvalue weighted by Gasteiger charge is 2.30. The summed E-state index contributed by atoms with van der Waals surface area (Å²) in [4.78, 5) is 0. The van der Waals surface area contributed by atoms with Crippen molar-refractivity contribution < 1.29 is 0 Å². The second kappa shape index (κ2) is 7.36. The summed E-state index contributed by atoms with van der Waals surface area (Å²) in [5.41, 5.74) is 1.68. The van der Waals surface area contributed by atoms with Gasteiger partial charge in [0.05, 0.1) is 11.6 Å². The van der Waals surface area contributed by atoms with Crippen molar-refractivity contribution in [3.8, 4) is 6.07 Å². The number of nitrogens with zero attached hydrogens (tertiary/aromatic N) is 1. The number of thioether (sulfide) groups is 1. The zero-order valence-electron chi connectivity index (χ0n) is 11.9. The Hall–Kier alpha value is -0.690. The third-order valence-electron chi connectivity index (χ3n) is 4.14. The first-order valence-electron chi connectivity index (χ1n) is 7.13. The molecule has 0 radical (unpaired) electrons. The highest BCUT2D eigenvalue weighted by Crippen LogP contribution is 2.38. The number of hydrogen-bond donors (Lipinski definition) is 1. The highest BCUT2D eigenvalue weighted by atomic mass is 35.5. The quantitative estimate of drug-likeness (QED) is 0.877. The van der Waals surface area contributed by atoms with E-state index in [2.05, 4.69) is 17.6 Å². The van der Waals surface area contributed by atoms with Gasteiger partial charge in [0.2, 0.25) is 0 Å². The summed E-state index contributed by atoms with van der Waals surface area (Å²) in [6, 6.07) is 7.62. The number of benzene rings is 1. The molecule has 108 valence electrons. The van der Waals surface area contributed by atoms with Crippen LogP contribution in [0, 0.1) is 11.3 Å². The van der Waals surface area contributed by atoms with Crippen molar-refractivity contribution in [2.24, 2.45) is 0 Å². The van der Waals surface area contributed by atoms with E-state index >= 15 is 0 Å². The van der Waals surface area contributed by atoms with Crippen LogP contribution in [0.25, 0.3) is 0 Å². The van der Waals surface area contributed by atoms with Gasteiger partial charge in [-0.1, -0.05) is 36.9 Å². The first-order chi connectivity index (χ1) is 9.69. The maximum Gasteiger partial charge on any atom is 0.0992 e. The minimum Gasteiger partial charge on any atom is -0.311 e. The molecular weight excluding hydrogens is 288 g/mol. The van der Waals surface area contributed by atoms with E-state index in [1.807, 2.05) is 23.9 Å². The Morgan fingerprint density at radius 2 is 2.10 bits per heavy atom. The molecule has 1 aromatic rings. The average Bonchev–Trinajstić information content (AvgIpc) is 2.50. The summed E-state index contributed by atoms with van der Waals surface area (Å²) in [7, 11) is 0. The molecule has 1 aromatic carbocycles. The summed E-state index contributed by atoms with van der Waals surface area (Å²) in [6.07, 6.45) is 8.91. The number of nitriles is 1. The lowest BCUT2D eigenvalue weighted by atomic mass is 9.88. The lowest BCUT2D eigenvalue weighted by Crippen LogP contribution is -2.39. The molecule has 1 N–H and O–H groups in total. The monoisotopic (exact) mass is 308 g/mol. The summed E-state index contributed by atoms with van der Waals surface area (Å²) >= 11 is 8.20.